The first-order valence-electron chi connectivity index (χ1n) is 10.4. The van der Waals surface area contributed by atoms with Crippen molar-refractivity contribution >= 4 is 11.9 Å². The van der Waals surface area contributed by atoms with Crippen LogP contribution in [0.15, 0.2) is 48.2 Å². The summed E-state index contributed by atoms with van der Waals surface area (Å²) >= 11 is 0. The number of allylic oxidation sites excluding steroid dienone is 2. The minimum atomic E-state index is -0.177. The maximum absolute atomic E-state index is 7.77. The van der Waals surface area contributed by atoms with Gasteiger partial charge in [-0.1, -0.05) is 18.2 Å². The number of anilines is 1. The first-order valence-corrected chi connectivity index (χ1v) is 10.4. The van der Waals surface area contributed by atoms with Crippen molar-refractivity contribution in [2.75, 3.05) is 18.6 Å². The number of ether oxygens (including phenoxy) is 1. The predicted molar refractivity (Wildman–Crippen MR) is 117 cm³/mol. The van der Waals surface area contributed by atoms with Gasteiger partial charge in [-0.05, 0) is 92.5 Å². The van der Waals surface area contributed by atoms with E-state index < -0.39 is 0 Å². The molecule has 146 valence electrons. The number of rotatable bonds is 5. The Morgan fingerprint density at radius 2 is 2.00 bits per heavy atom. The fraction of sp³-hybridized carbons (Fsp3) is 0.400. The Hall–Kier alpha value is -2.55. The number of hydrogen-bond acceptors (Lipinski definition) is 3. The van der Waals surface area contributed by atoms with Crippen molar-refractivity contribution in [3.63, 3.8) is 0 Å². The highest BCUT2D eigenvalue weighted by Gasteiger charge is 2.43. The van der Waals surface area contributed by atoms with Gasteiger partial charge < -0.3 is 15.0 Å². The summed E-state index contributed by atoms with van der Waals surface area (Å²) in [4.78, 5) is 2.36. The zero-order valence-electron chi connectivity index (χ0n) is 17.2. The van der Waals surface area contributed by atoms with Gasteiger partial charge in [0.15, 0.2) is 0 Å². The molecular weight excluding hydrogens is 344 g/mol. The van der Waals surface area contributed by atoms with Gasteiger partial charge in [-0.2, -0.15) is 0 Å². The Balaban J connectivity index is 1.86. The number of fused-ring (bicyclic) bond motifs is 2. The molecule has 0 fully saturated rings. The van der Waals surface area contributed by atoms with Crippen molar-refractivity contribution in [2.45, 2.75) is 51.4 Å². The molecule has 2 aromatic rings. The summed E-state index contributed by atoms with van der Waals surface area (Å²) in [7, 11) is 1.73. The van der Waals surface area contributed by atoms with Crippen molar-refractivity contribution in [1.29, 1.82) is 5.41 Å². The van der Waals surface area contributed by atoms with E-state index in [2.05, 4.69) is 49.1 Å². The van der Waals surface area contributed by atoms with E-state index in [1.165, 1.54) is 60.0 Å². The van der Waals surface area contributed by atoms with Crippen LogP contribution in [0.2, 0.25) is 0 Å². The second-order valence-electron chi connectivity index (χ2n) is 8.12. The molecule has 4 rings (SSSR count). The van der Waals surface area contributed by atoms with Crippen molar-refractivity contribution in [3.05, 3.63) is 70.4 Å². The van der Waals surface area contributed by atoms with Crippen LogP contribution in [0.25, 0.3) is 0 Å². The van der Waals surface area contributed by atoms with E-state index >= 15 is 0 Å². The molecule has 2 aliphatic rings. The molecule has 1 N–H and O–H groups in total. The second-order valence-corrected chi connectivity index (χ2v) is 8.12. The lowest BCUT2D eigenvalue weighted by Gasteiger charge is -2.31. The molecule has 0 saturated carbocycles. The van der Waals surface area contributed by atoms with Crippen LogP contribution in [-0.2, 0) is 24.7 Å². The van der Waals surface area contributed by atoms with E-state index in [-0.39, 0.29) is 5.41 Å². The van der Waals surface area contributed by atoms with Crippen molar-refractivity contribution in [1.82, 2.24) is 0 Å². The summed E-state index contributed by atoms with van der Waals surface area (Å²) in [6.45, 7) is 5.40. The van der Waals surface area contributed by atoms with Crippen LogP contribution < -0.4 is 9.64 Å². The largest absolute Gasteiger partial charge is 0.497 e. The number of benzene rings is 2. The molecule has 0 aromatic heterocycles. The average Bonchev–Trinajstić information content (AvgIpc) is 2.96. The smallest absolute Gasteiger partial charge is 0.119 e. The van der Waals surface area contributed by atoms with Gasteiger partial charge in [0, 0.05) is 29.6 Å². The third-order valence-corrected chi connectivity index (χ3v) is 6.54. The summed E-state index contributed by atoms with van der Waals surface area (Å²) in [6, 6.07) is 13.2. The van der Waals surface area contributed by atoms with Gasteiger partial charge in [-0.25, -0.2) is 0 Å². The first kappa shape index (κ1) is 18.8. The van der Waals surface area contributed by atoms with Crippen LogP contribution in [0.4, 0.5) is 5.69 Å². The van der Waals surface area contributed by atoms with Crippen molar-refractivity contribution < 1.29 is 4.74 Å². The van der Waals surface area contributed by atoms with Gasteiger partial charge in [0.05, 0.1) is 7.11 Å². The van der Waals surface area contributed by atoms with Gasteiger partial charge in [-0.3, -0.25) is 0 Å². The highest BCUT2D eigenvalue weighted by atomic mass is 16.5. The third kappa shape index (κ3) is 2.94. The Labute approximate surface area is 168 Å². The fourth-order valence-corrected chi connectivity index (χ4v) is 5.17. The van der Waals surface area contributed by atoms with Crippen molar-refractivity contribution in [2.24, 2.45) is 0 Å². The SMILES string of the molecule is CCN1/C(=C\C=N)C(C)(Cc2cccc3c2CCCC3)c2cc(OC)ccc21. The van der Waals surface area contributed by atoms with Crippen LogP contribution >= 0.6 is 0 Å². The van der Waals surface area contributed by atoms with Gasteiger partial charge in [-0.15, -0.1) is 0 Å². The van der Waals surface area contributed by atoms with Crippen LogP contribution in [0.1, 0.15) is 48.9 Å². The Kier molecular flexibility index (Phi) is 5.01. The molecule has 1 aliphatic heterocycles. The molecule has 1 aliphatic carbocycles. The van der Waals surface area contributed by atoms with E-state index in [1.807, 2.05) is 12.1 Å². The molecular formula is C25H30N2O. The molecule has 0 bridgehead atoms. The van der Waals surface area contributed by atoms with E-state index in [0.29, 0.717) is 0 Å². The Morgan fingerprint density at radius 3 is 2.75 bits per heavy atom. The third-order valence-electron chi connectivity index (χ3n) is 6.54. The van der Waals surface area contributed by atoms with Crippen molar-refractivity contribution in [3.8, 4) is 5.75 Å². The van der Waals surface area contributed by atoms with Crippen LogP contribution in [-0.4, -0.2) is 19.9 Å². The monoisotopic (exact) mass is 374 g/mol. The van der Waals surface area contributed by atoms with Crippen LogP contribution in [0.3, 0.4) is 0 Å². The number of likely N-dealkylation sites (N-methyl/N-ethyl adjacent to an activating group) is 1. The second kappa shape index (κ2) is 7.46. The molecule has 2 aromatic carbocycles. The molecule has 0 spiro atoms. The zero-order chi connectivity index (χ0) is 19.7. The molecule has 1 unspecified atom stereocenters. The van der Waals surface area contributed by atoms with Gasteiger partial charge in [0.25, 0.3) is 0 Å². The molecule has 3 heteroatoms. The number of aryl methyl sites for hydroxylation is 1. The minimum Gasteiger partial charge on any atom is -0.497 e. The van der Waals surface area contributed by atoms with Gasteiger partial charge in [0.1, 0.15) is 5.75 Å². The highest BCUT2D eigenvalue weighted by Crippen LogP contribution is 2.51. The Bertz CT molecular complexity index is 930. The molecule has 0 radical (unpaired) electrons. The molecule has 0 amide bonds. The van der Waals surface area contributed by atoms with E-state index in [4.69, 9.17) is 10.1 Å². The minimum absolute atomic E-state index is 0.177. The highest BCUT2D eigenvalue weighted by molar-refractivity contribution is 5.79. The van der Waals surface area contributed by atoms with Crippen LogP contribution in [0.5, 0.6) is 5.75 Å². The molecule has 1 heterocycles. The summed E-state index contributed by atoms with van der Waals surface area (Å²) in [6.07, 6.45) is 9.34. The lowest BCUT2D eigenvalue weighted by molar-refractivity contribution is 0.413. The summed E-state index contributed by atoms with van der Waals surface area (Å²) in [5.41, 5.74) is 8.12. The quantitative estimate of drug-likeness (QED) is 0.707. The zero-order valence-corrected chi connectivity index (χ0v) is 17.2. The lowest BCUT2D eigenvalue weighted by atomic mass is 9.74. The van der Waals surface area contributed by atoms with Crippen LogP contribution in [0, 0.1) is 5.41 Å². The molecule has 28 heavy (non-hydrogen) atoms. The van der Waals surface area contributed by atoms with Gasteiger partial charge >= 0.3 is 0 Å². The number of nitrogens with one attached hydrogen (secondary N) is 1. The summed E-state index contributed by atoms with van der Waals surface area (Å²) in [5.74, 6) is 0.896. The molecule has 3 nitrogen and oxygen atoms in total. The fourth-order valence-electron chi connectivity index (χ4n) is 5.17. The summed E-state index contributed by atoms with van der Waals surface area (Å²) < 4.78 is 5.55. The van der Waals surface area contributed by atoms with E-state index in [0.717, 1.165) is 18.7 Å². The molecule has 0 saturated heterocycles. The topological polar surface area (TPSA) is 36.3 Å². The predicted octanol–water partition coefficient (Wildman–Crippen LogP) is 5.45. The maximum atomic E-state index is 7.77. The maximum Gasteiger partial charge on any atom is 0.119 e. The first-order chi connectivity index (χ1) is 13.6. The lowest BCUT2D eigenvalue weighted by Crippen LogP contribution is -2.31. The van der Waals surface area contributed by atoms with Gasteiger partial charge in [0.2, 0.25) is 0 Å². The van der Waals surface area contributed by atoms with E-state index in [9.17, 15) is 0 Å². The molecule has 1 atom stereocenters. The number of hydrogen-bond donors (Lipinski definition) is 1. The Morgan fingerprint density at radius 1 is 1.18 bits per heavy atom. The van der Waals surface area contributed by atoms with E-state index in [1.54, 1.807) is 12.7 Å². The number of methoxy groups -OCH3 is 1. The standard InChI is InChI=1S/C25H30N2O/c1-4-27-23-13-12-20(28-3)16-22(23)25(2,24(27)14-15-26)17-19-10-7-9-18-8-5-6-11-21(18)19/h7,9-10,12-16,26H,4-6,8,11,17H2,1-3H3/b24-14-,26-15?. The summed E-state index contributed by atoms with van der Waals surface area (Å²) in [5, 5.41) is 7.77. The average molecular weight is 375 g/mol. The number of nitrogens with zero attached hydrogens (tertiary/aromatic N) is 1. The normalized spacial score (nSPS) is 22.1.